The van der Waals surface area contributed by atoms with Crippen molar-refractivity contribution in [3.05, 3.63) is 36.0 Å². The Morgan fingerprint density at radius 3 is 2.55 bits per heavy atom. The van der Waals surface area contributed by atoms with Crippen molar-refractivity contribution >= 4 is 17.4 Å². The molecule has 0 radical (unpaired) electrons. The normalized spacial score (nSPS) is 10.0. The lowest BCUT2D eigenvalue weighted by molar-refractivity contribution is 0.261. The average molecular weight is 310 g/mol. The number of anilines is 2. The summed E-state index contributed by atoms with van der Waals surface area (Å²) in [6, 6.07) is 1.95. The fourth-order valence-corrected chi connectivity index (χ4v) is 1.56. The van der Waals surface area contributed by atoms with Gasteiger partial charge < -0.3 is 20.1 Å². The number of aromatic nitrogens is 2. The first-order valence-corrected chi connectivity index (χ1v) is 6.01. The zero-order chi connectivity index (χ0) is 16.1. The van der Waals surface area contributed by atoms with Crippen LogP contribution in [-0.2, 0) is 0 Å². The number of urea groups is 1. The van der Waals surface area contributed by atoms with Crippen LogP contribution < -0.4 is 20.1 Å². The Morgan fingerprint density at radius 2 is 1.86 bits per heavy atom. The molecule has 0 saturated heterocycles. The van der Waals surface area contributed by atoms with Crippen LogP contribution in [0.3, 0.4) is 0 Å². The van der Waals surface area contributed by atoms with Gasteiger partial charge in [-0.3, -0.25) is 0 Å². The van der Waals surface area contributed by atoms with E-state index in [1.165, 1.54) is 20.4 Å². The number of nitrogens with one attached hydrogen (secondary N) is 2. The van der Waals surface area contributed by atoms with E-state index >= 15 is 0 Å². The lowest BCUT2D eigenvalue weighted by atomic mass is 10.3. The smallest absolute Gasteiger partial charge is 0.323 e. The van der Waals surface area contributed by atoms with E-state index in [0.29, 0.717) is 0 Å². The molecule has 1 heterocycles. The highest BCUT2D eigenvalue weighted by Gasteiger charge is 2.13. The summed E-state index contributed by atoms with van der Waals surface area (Å²) in [5.74, 6) is -1.39. The van der Waals surface area contributed by atoms with Crippen molar-refractivity contribution in [3.63, 3.8) is 0 Å². The van der Waals surface area contributed by atoms with E-state index in [-0.39, 0.29) is 23.3 Å². The molecule has 2 amide bonds. The monoisotopic (exact) mass is 310 g/mol. The lowest BCUT2D eigenvalue weighted by Crippen LogP contribution is -2.21. The number of amides is 2. The molecule has 0 spiro atoms. The van der Waals surface area contributed by atoms with Gasteiger partial charge in [-0.25, -0.2) is 18.6 Å². The minimum atomic E-state index is -0.809. The molecule has 0 aliphatic heterocycles. The molecular weight excluding hydrogens is 298 g/mol. The topological polar surface area (TPSA) is 85.4 Å². The molecule has 0 fully saturated rings. The second kappa shape index (κ2) is 6.66. The maximum absolute atomic E-state index is 13.4. The average Bonchev–Trinajstić information content (AvgIpc) is 2.51. The molecule has 1 aromatic carbocycles. The van der Waals surface area contributed by atoms with Gasteiger partial charge >= 0.3 is 12.0 Å². The SMILES string of the molecule is COc1ncc(NC(=O)Nc2cc(F)ccc2F)c(OC)n1. The largest absolute Gasteiger partial charge is 0.479 e. The van der Waals surface area contributed by atoms with Crippen molar-refractivity contribution in [2.24, 2.45) is 0 Å². The van der Waals surface area contributed by atoms with Crippen LogP contribution in [-0.4, -0.2) is 30.2 Å². The maximum Gasteiger partial charge on any atom is 0.323 e. The van der Waals surface area contributed by atoms with Gasteiger partial charge in [0.25, 0.3) is 0 Å². The summed E-state index contributed by atoms with van der Waals surface area (Å²) in [7, 11) is 2.72. The molecule has 2 aromatic rings. The Balaban J connectivity index is 2.13. The summed E-state index contributed by atoms with van der Waals surface area (Å²) in [5.41, 5.74) is -0.163. The molecule has 116 valence electrons. The van der Waals surface area contributed by atoms with Crippen molar-refractivity contribution < 1.29 is 23.0 Å². The standard InChI is InChI=1S/C13H12F2N4O3/c1-21-11-10(6-16-13(19-11)22-2)18-12(20)17-9-5-7(14)3-4-8(9)15/h3-6H,1-2H3,(H2,17,18,20). The Bertz CT molecular complexity index is 697. The highest BCUT2D eigenvalue weighted by molar-refractivity contribution is 6.00. The van der Waals surface area contributed by atoms with Crippen LogP contribution in [0.25, 0.3) is 0 Å². The fraction of sp³-hybridized carbons (Fsp3) is 0.154. The highest BCUT2D eigenvalue weighted by Crippen LogP contribution is 2.23. The van der Waals surface area contributed by atoms with Crippen molar-refractivity contribution in [2.75, 3.05) is 24.9 Å². The van der Waals surface area contributed by atoms with Gasteiger partial charge in [0.05, 0.1) is 26.1 Å². The number of carbonyl (C=O) groups is 1. The van der Waals surface area contributed by atoms with Crippen molar-refractivity contribution in [2.45, 2.75) is 0 Å². The second-order valence-corrected chi connectivity index (χ2v) is 3.98. The lowest BCUT2D eigenvalue weighted by Gasteiger charge is -2.11. The van der Waals surface area contributed by atoms with Gasteiger partial charge in [-0.15, -0.1) is 0 Å². The maximum atomic E-state index is 13.4. The summed E-state index contributed by atoms with van der Waals surface area (Å²) in [4.78, 5) is 19.5. The van der Waals surface area contributed by atoms with Crippen molar-refractivity contribution in [3.8, 4) is 11.9 Å². The molecule has 0 aliphatic carbocycles. The first-order chi connectivity index (χ1) is 10.5. The predicted octanol–water partition coefficient (Wildman–Crippen LogP) is 2.42. The molecule has 7 nitrogen and oxygen atoms in total. The number of hydrogen-bond acceptors (Lipinski definition) is 5. The van der Waals surface area contributed by atoms with E-state index in [9.17, 15) is 13.6 Å². The van der Waals surface area contributed by atoms with Crippen LogP contribution in [0.4, 0.5) is 25.0 Å². The number of benzene rings is 1. The van der Waals surface area contributed by atoms with Crippen LogP contribution in [0.15, 0.2) is 24.4 Å². The molecular formula is C13H12F2N4O3. The number of methoxy groups -OCH3 is 2. The quantitative estimate of drug-likeness (QED) is 0.906. The number of ether oxygens (including phenoxy) is 2. The molecule has 2 N–H and O–H groups in total. The van der Waals surface area contributed by atoms with Gasteiger partial charge in [0.15, 0.2) is 0 Å². The Labute approximate surface area is 124 Å². The van der Waals surface area contributed by atoms with Gasteiger partial charge in [0.2, 0.25) is 5.88 Å². The third kappa shape index (κ3) is 3.57. The highest BCUT2D eigenvalue weighted by atomic mass is 19.1. The molecule has 2 rings (SSSR count). The first kappa shape index (κ1) is 15.4. The van der Waals surface area contributed by atoms with E-state index in [2.05, 4.69) is 20.6 Å². The summed E-state index contributed by atoms with van der Waals surface area (Å²) < 4.78 is 36.3. The van der Waals surface area contributed by atoms with Gasteiger partial charge in [0, 0.05) is 6.07 Å². The molecule has 0 aliphatic rings. The van der Waals surface area contributed by atoms with Crippen LogP contribution >= 0.6 is 0 Å². The summed E-state index contributed by atoms with van der Waals surface area (Å²) >= 11 is 0. The van der Waals surface area contributed by atoms with Crippen LogP contribution in [0, 0.1) is 11.6 Å². The van der Waals surface area contributed by atoms with Gasteiger partial charge in [-0.2, -0.15) is 4.98 Å². The molecule has 0 bridgehead atoms. The Kier molecular flexibility index (Phi) is 4.66. The predicted molar refractivity (Wildman–Crippen MR) is 74.1 cm³/mol. The molecule has 9 heteroatoms. The third-order valence-electron chi connectivity index (χ3n) is 2.53. The number of hydrogen-bond donors (Lipinski definition) is 2. The number of carbonyl (C=O) groups excluding carboxylic acids is 1. The number of rotatable bonds is 4. The molecule has 1 aromatic heterocycles. The molecule has 22 heavy (non-hydrogen) atoms. The second-order valence-electron chi connectivity index (χ2n) is 3.98. The zero-order valence-corrected chi connectivity index (χ0v) is 11.7. The minimum Gasteiger partial charge on any atom is -0.479 e. The molecule has 0 atom stereocenters. The minimum absolute atomic E-state index is 0.0546. The molecule has 0 saturated carbocycles. The Morgan fingerprint density at radius 1 is 1.14 bits per heavy atom. The van der Waals surface area contributed by atoms with Gasteiger partial charge in [-0.1, -0.05) is 0 Å². The van der Waals surface area contributed by atoms with E-state index in [1.54, 1.807) is 0 Å². The van der Waals surface area contributed by atoms with Crippen molar-refractivity contribution in [1.82, 2.24) is 9.97 Å². The zero-order valence-electron chi connectivity index (χ0n) is 11.7. The van der Waals surface area contributed by atoms with Crippen molar-refractivity contribution in [1.29, 1.82) is 0 Å². The van der Waals surface area contributed by atoms with Gasteiger partial charge in [0.1, 0.15) is 17.3 Å². The fourth-order valence-electron chi connectivity index (χ4n) is 1.56. The van der Waals surface area contributed by atoms with Gasteiger partial charge in [-0.05, 0) is 12.1 Å². The van der Waals surface area contributed by atoms with E-state index in [4.69, 9.17) is 9.47 Å². The van der Waals surface area contributed by atoms with E-state index < -0.39 is 17.7 Å². The Hall–Kier alpha value is -2.97. The summed E-state index contributed by atoms with van der Waals surface area (Å²) in [6.45, 7) is 0. The summed E-state index contributed by atoms with van der Waals surface area (Å²) in [5, 5.41) is 4.54. The van der Waals surface area contributed by atoms with E-state index in [0.717, 1.165) is 18.2 Å². The van der Waals surface area contributed by atoms with Crippen LogP contribution in [0.2, 0.25) is 0 Å². The number of halogens is 2. The third-order valence-corrected chi connectivity index (χ3v) is 2.53. The first-order valence-electron chi connectivity index (χ1n) is 6.01. The van der Waals surface area contributed by atoms with Crippen LogP contribution in [0.5, 0.6) is 11.9 Å². The molecule has 0 unspecified atom stereocenters. The van der Waals surface area contributed by atoms with E-state index in [1.807, 2.05) is 0 Å². The van der Waals surface area contributed by atoms with Crippen LogP contribution in [0.1, 0.15) is 0 Å². The summed E-state index contributed by atoms with van der Waals surface area (Å²) in [6.07, 6.45) is 1.26. The number of nitrogens with zero attached hydrogens (tertiary/aromatic N) is 2.